The smallest absolute Gasteiger partial charge is 0.323 e. The van der Waals surface area contributed by atoms with Gasteiger partial charge in [0.25, 0.3) is 0 Å². The summed E-state index contributed by atoms with van der Waals surface area (Å²) in [5.41, 5.74) is 5.43. The Labute approximate surface area is 80.0 Å². The van der Waals surface area contributed by atoms with Crippen molar-refractivity contribution in [1.82, 2.24) is 4.90 Å². The summed E-state index contributed by atoms with van der Waals surface area (Å²) in [7, 11) is 1.41. The molecule has 0 radical (unpaired) electrons. The molecule has 0 rings (SSSR count). The zero-order valence-electron chi connectivity index (χ0n) is 8.75. The number of carbonyl (C=O) groups excluding carboxylic acids is 1. The monoisotopic (exact) mass is 188 g/mol. The molecule has 1 atom stereocenters. The topological polar surface area (TPSA) is 55.6 Å². The zero-order valence-corrected chi connectivity index (χ0v) is 8.75. The van der Waals surface area contributed by atoms with Gasteiger partial charge in [-0.2, -0.15) is 0 Å². The van der Waals surface area contributed by atoms with Crippen molar-refractivity contribution in [2.24, 2.45) is 5.73 Å². The third kappa shape index (κ3) is 3.74. The molecule has 0 aromatic carbocycles. The van der Waals surface area contributed by atoms with Gasteiger partial charge in [-0.1, -0.05) is 13.8 Å². The summed E-state index contributed by atoms with van der Waals surface area (Å²) in [6.07, 6.45) is 0.661. The first kappa shape index (κ1) is 12.4. The van der Waals surface area contributed by atoms with E-state index in [9.17, 15) is 4.79 Å². The van der Waals surface area contributed by atoms with Crippen molar-refractivity contribution in [2.75, 3.05) is 26.7 Å². The first-order valence-electron chi connectivity index (χ1n) is 4.73. The fourth-order valence-electron chi connectivity index (χ4n) is 1.41. The van der Waals surface area contributed by atoms with Gasteiger partial charge in [-0.15, -0.1) is 0 Å². The van der Waals surface area contributed by atoms with E-state index in [1.54, 1.807) is 0 Å². The van der Waals surface area contributed by atoms with Gasteiger partial charge < -0.3 is 10.5 Å². The summed E-state index contributed by atoms with van der Waals surface area (Å²) in [5.74, 6) is -0.186. The first-order valence-corrected chi connectivity index (χ1v) is 4.73. The van der Waals surface area contributed by atoms with E-state index in [-0.39, 0.29) is 12.0 Å². The van der Waals surface area contributed by atoms with E-state index in [0.717, 1.165) is 13.1 Å². The average molecular weight is 188 g/mol. The van der Waals surface area contributed by atoms with Gasteiger partial charge in [0, 0.05) is 0 Å². The van der Waals surface area contributed by atoms with E-state index >= 15 is 0 Å². The van der Waals surface area contributed by atoms with Gasteiger partial charge in [0.2, 0.25) is 0 Å². The van der Waals surface area contributed by atoms with Crippen LogP contribution in [0, 0.1) is 0 Å². The summed E-state index contributed by atoms with van der Waals surface area (Å²) in [6, 6.07) is -0.176. The maximum Gasteiger partial charge on any atom is 0.323 e. The largest absolute Gasteiger partial charge is 0.468 e. The predicted molar refractivity (Wildman–Crippen MR) is 52.4 cm³/mol. The van der Waals surface area contributed by atoms with Crippen LogP contribution in [0.2, 0.25) is 0 Å². The van der Waals surface area contributed by atoms with E-state index in [1.807, 2.05) is 13.8 Å². The van der Waals surface area contributed by atoms with E-state index in [4.69, 9.17) is 10.5 Å². The highest BCUT2D eigenvalue weighted by Gasteiger charge is 2.23. The Morgan fingerprint density at radius 2 is 2.00 bits per heavy atom. The lowest BCUT2D eigenvalue weighted by Gasteiger charge is -2.26. The number of rotatable bonds is 6. The fourth-order valence-corrected chi connectivity index (χ4v) is 1.41. The van der Waals surface area contributed by atoms with E-state index < -0.39 is 0 Å². The highest BCUT2D eigenvalue weighted by atomic mass is 16.5. The second kappa shape index (κ2) is 6.86. The molecular weight excluding hydrogens is 168 g/mol. The molecule has 0 aliphatic heterocycles. The summed E-state index contributed by atoms with van der Waals surface area (Å²) < 4.78 is 4.71. The molecule has 78 valence electrons. The summed E-state index contributed by atoms with van der Waals surface area (Å²) in [6.45, 7) is 6.24. The Hall–Kier alpha value is -0.610. The highest BCUT2D eigenvalue weighted by Crippen LogP contribution is 2.04. The first-order chi connectivity index (χ1) is 6.21. The number of hydrogen-bond acceptors (Lipinski definition) is 4. The van der Waals surface area contributed by atoms with Crippen molar-refractivity contribution in [3.63, 3.8) is 0 Å². The predicted octanol–water partition coefficient (Wildman–Crippen LogP) is 0.219. The molecule has 0 heterocycles. The number of ether oxygens (including phenoxy) is 1. The van der Waals surface area contributed by atoms with Crippen LogP contribution in [0.25, 0.3) is 0 Å². The zero-order chi connectivity index (χ0) is 10.3. The quantitative estimate of drug-likeness (QED) is 0.606. The van der Waals surface area contributed by atoms with Gasteiger partial charge in [-0.3, -0.25) is 9.69 Å². The summed E-state index contributed by atoms with van der Waals surface area (Å²) >= 11 is 0. The van der Waals surface area contributed by atoms with Gasteiger partial charge >= 0.3 is 5.97 Å². The molecule has 0 saturated carbocycles. The molecule has 1 unspecified atom stereocenters. The number of methoxy groups -OCH3 is 1. The van der Waals surface area contributed by atoms with Crippen LogP contribution < -0.4 is 5.73 Å². The second-order valence-corrected chi connectivity index (χ2v) is 2.84. The van der Waals surface area contributed by atoms with E-state index in [0.29, 0.717) is 13.0 Å². The number of likely N-dealkylation sites (N-methyl/N-ethyl adjacent to an activating group) is 1. The molecule has 4 nitrogen and oxygen atoms in total. The fraction of sp³-hybridized carbons (Fsp3) is 0.889. The van der Waals surface area contributed by atoms with Gasteiger partial charge in [0.1, 0.15) is 6.04 Å². The Bertz CT molecular complexity index is 147. The molecular formula is C9H20N2O2. The third-order valence-electron chi connectivity index (χ3n) is 2.17. The van der Waals surface area contributed by atoms with Crippen LogP contribution >= 0.6 is 0 Å². The molecule has 0 fully saturated rings. The van der Waals surface area contributed by atoms with Crippen LogP contribution in [0.4, 0.5) is 0 Å². The molecule has 0 aromatic heterocycles. The van der Waals surface area contributed by atoms with Crippen molar-refractivity contribution in [2.45, 2.75) is 26.3 Å². The summed E-state index contributed by atoms with van der Waals surface area (Å²) in [5, 5.41) is 0. The van der Waals surface area contributed by atoms with Crippen LogP contribution in [0.5, 0.6) is 0 Å². The van der Waals surface area contributed by atoms with Crippen LogP contribution in [-0.2, 0) is 9.53 Å². The Morgan fingerprint density at radius 1 is 1.46 bits per heavy atom. The van der Waals surface area contributed by atoms with Crippen LogP contribution in [0.1, 0.15) is 20.3 Å². The highest BCUT2D eigenvalue weighted by molar-refractivity contribution is 5.75. The summed E-state index contributed by atoms with van der Waals surface area (Å²) in [4.78, 5) is 13.4. The normalized spacial score (nSPS) is 13.0. The van der Waals surface area contributed by atoms with Crippen molar-refractivity contribution in [3.05, 3.63) is 0 Å². The van der Waals surface area contributed by atoms with Crippen LogP contribution in [-0.4, -0.2) is 43.7 Å². The number of nitrogens with two attached hydrogens (primary N) is 1. The molecule has 13 heavy (non-hydrogen) atoms. The minimum Gasteiger partial charge on any atom is -0.468 e. The lowest BCUT2D eigenvalue weighted by molar-refractivity contribution is -0.147. The van der Waals surface area contributed by atoms with Gasteiger partial charge in [0.15, 0.2) is 0 Å². The molecule has 0 aliphatic carbocycles. The molecule has 2 N–H and O–H groups in total. The molecule has 0 spiro atoms. The van der Waals surface area contributed by atoms with E-state index in [1.165, 1.54) is 7.11 Å². The van der Waals surface area contributed by atoms with Gasteiger partial charge in [-0.25, -0.2) is 0 Å². The molecule has 0 saturated heterocycles. The van der Waals surface area contributed by atoms with Crippen molar-refractivity contribution < 1.29 is 9.53 Å². The number of hydrogen-bond donors (Lipinski definition) is 1. The standard InChI is InChI=1S/C9H20N2O2/c1-4-11(5-2)8(6-7-10)9(12)13-3/h8H,4-7,10H2,1-3H3. The molecule has 0 aliphatic rings. The molecule has 0 bridgehead atoms. The number of esters is 1. The van der Waals surface area contributed by atoms with Crippen molar-refractivity contribution in [3.8, 4) is 0 Å². The second-order valence-electron chi connectivity index (χ2n) is 2.84. The lowest BCUT2D eigenvalue weighted by Crippen LogP contribution is -2.42. The number of carbonyl (C=O) groups is 1. The third-order valence-corrected chi connectivity index (χ3v) is 2.17. The minimum absolute atomic E-state index is 0.176. The van der Waals surface area contributed by atoms with Crippen molar-refractivity contribution in [1.29, 1.82) is 0 Å². The molecule has 0 amide bonds. The van der Waals surface area contributed by atoms with Gasteiger partial charge in [-0.05, 0) is 26.1 Å². The lowest BCUT2D eigenvalue weighted by atomic mass is 10.1. The SMILES string of the molecule is CCN(CC)C(CCN)C(=O)OC. The molecule has 4 heteroatoms. The van der Waals surface area contributed by atoms with Crippen LogP contribution in [0.3, 0.4) is 0 Å². The Balaban J connectivity index is 4.28. The average Bonchev–Trinajstić information content (AvgIpc) is 2.17. The van der Waals surface area contributed by atoms with Crippen molar-refractivity contribution >= 4 is 5.97 Å². The Morgan fingerprint density at radius 3 is 2.31 bits per heavy atom. The number of nitrogens with zero attached hydrogens (tertiary/aromatic N) is 1. The minimum atomic E-state index is -0.186. The molecule has 0 aromatic rings. The van der Waals surface area contributed by atoms with Gasteiger partial charge in [0.05, 0.1) is 7.11 Å². The Kier molecular flexibility index (Phi) is 6.54. The maximum absolute atomic E-state index is 11.3. The maximum atomic E-state index is 11.3. The van der Waals surface area contributed by atoms with E-state index in [2.05, 4.69) is 4.90 Å². The van der Waals surface area contributed by atoms with Crippen LogP contribution in [0.15, 0.2) is 0 Å².